The van der Waals surface area contributed by atoms with Crippen LogP contribution in [0.2, 0.25) is 0 Å². The highest BCUT2D eigenvalue weighted by Crippen LogP contribution is 2.34. The predicted molar refractivity (Wildman–Crippen MR) is 150 cm³/mol. The molecule has 2 saturated heterocycles. The minimum absolute atomic E-state index is 0.00148. The first-order chi connectivity index (χ1) is 18.8. The van der Waals surface area contributed by atoms with Gasteiger partial charge in [0.1, 0.15) is 0 Å². The molecule has 8 heteroatoms. The lowest BCUT2D eigenvalue weighted by atomic mass is 9.84. The first-order valence-electron chi connectivity index (χ1n) is 13.8. The Hall–Kier alpha value is -3.67. The van der Waals surface area contributed by atoms with E-state index in [-0.39, 0.29) is 35.7 Å². The molecule has 39 heavy (non-hydrogen) atoms. The molecule has 2 fully saturated rings. The van der Waals surface area contributed by atoms with Crippen LogP contribution in [0.4, 0.5) is 0 Å². The highest BCUT2D eigenvalue weighted by molar-refractivity contribution is 5.99. The van der Waals surface area contributed by atoms with Crippen LogP contribution in [-0.2, 0) is 9.53 Å². The van der Waals surface area contributed by atoms with Gasteiger partial charge in [0.2, 0.25) is 5.91 Å². The Kier molecular flexibility index (Phi) is 7.74. The third-order valence-corrected chi connectivity index (χ3v) is 8.41. The van der Waals surface area contributed by atoms with Crippen LogP contribution in [0.25, 0.3) is 16.6 Å². The van der Waals surface area contributed by atoms with Crippen LogP contribution in [0.1, 0.15) is 60.4 Å². The number of ether oxygens (including phenoxy) is 1. The molecule has 0 bridgehead atoms. The van der Waals surface area contributed by atoms with E-state index >= 15 is 0 Å². The Labute approximate surface area is 229 Å². The molecule has 2 aromatic heterocycles. The number of carbonyl (C=O) groups excluding carboxylic acids is 2. The lowest BCUT2D eigenvalue weighted by Gasteiger charge is -2.34. The predicted octanol–water partition coefficient (Wildman–Crippen LogP) is 4.07. The maximum Gasteiger partial charge on any atom is 0.251 e. The Morgan fingerprint density at radius 1 is 1.23 bits per heavy atom. The number of nitrogens with one attached hydrogen (secondary N) is 2. The van der Waals surface area contributed by atoms with E-state index in [0.717, 1.165) is 47.4 Å². The zero-order valence-electron chi connectivity index (χ0n) is 23.2. The molecular weight excluding hydrogens is 490 g/mol. The van der Waals surface area contributed by atoms with Crippen molar-refractivity contribution in [2.45, 2.75) is 46.2 Å². The van der Waals surface area contributed by atoms with E-state index in [4.69, 9.17) is 4.74 Å². The van der Waals surface area contributed by atoms with Crippen molar-refractivity contribution >= 4 is 17.3 Å². The topological polar surface area (TPSA) is 98.9 Å². The number of piperidine rings is 1. The van der Waals surface area contributed by atoms with E-state index in [2.05, 4.69) is 52.1 Å². The summed E-state index contributed by atoms with van der Waals surface area (Å²) in [6, 6.07) is 14.0. The maximum absolute atomic E-state index is 13.7. The van der Waals surface area contributed by atoms with Crippen LogP contribution in [0, 0.1) is 30.1 Å². The molecule has 2 amide bonds. The van der Waals surface area contributed by atoms with Crippen LogP contribution >= 0.6 is 0 Å². The largest absolute Gasteiger partial charge is 0.379 e. The van der Waals surface area contributed by atoms with Gasteiger partial charge in [-0.2, -0.15) is 5.26 Å². The molecular formula is C31H37N5O3. The lowest BCUT2D eigenvalue weighted by Crippen LogP contribution is -2.50. The van der Waals surface area contributed by atoms with E-state index in [1.165, 1.54) is 0 Å². The van der Waals surface area contributed by atoms with Crippen molar-refractivity contribution in [3.05, 3.63) is 65.0 Å². The van der Waals surface area contributed by atoms with Gasteiger partial charge in [-0.1, -0.05) is 19.1 Å². The fraction of sp³-hybridized carbons (Fsp3) is 0.452. The first-order valence-corrected chi connectivity index (χ1v) is 13.8. The first kappa shape index (κ1) is 26.9. The van der Waals surface area contributed by atoms with Crippen LogP contribution < -0.4 is 10.6 Å². The number of pyridine rings is 1. The zero-order valence-corrected chi connectivity index (χ0v) is 23.2. The molecule has 4 unspecified atom stereocenters. The number of nitriles is 1. The number of amides is 2. The van der Waals surface area contributed by atoms with Gasteiger partial charge in [0.15, 0.2) is 0 Å². The third kappa shape index (κ3) is 5.29. The Morgan fingerprint density at radius 3 is 2.72 bits per heavy atom. The summed E-state index contributed by atoms with van der Waals surface area (Å²) in [5.74, 6) is -0.235. The van der Waals surface area contributed by atoms with Gasteiger partial charge in [0.05, 0.1) is 36.3 Å². The average Bonchev–Trinajstić information content (AvgIpc) is 3.35. The van der Waals surface area contributed by atoms with Crippen molar-refractivity contribution in [3.8, 4) is 17.2 Å². The Bertz CT molecular complexity index is 1430. The summed E-state index contributed by atoms with van der Waals surface area (Å²) in [7, 11) is 0. The summed E-state index contributed by atoms with van der Waals surface area (Å²) in [6.07, 6.45) is 2.95. The number of nitrogens with zero attached hydrogens (tertiary/aromatic N) is 3. The summed E-state index contributed by atoms with van der Waals surface area (Å²) in [5, 5.41) is 15.6. The molecule has 8 nitrogen and oxygen atoms in total. The second kappa shape index (κ2) is 11.2. The molecule has 0 radical (unpaired) electrons. The fourth-order valence-corrected chi connectivity index (χ4v) is 6.23. The van der Waals surface area contributed by atoms with E-state index in [0.29, 0.717) is 30.9 Å². The van der Waals surface area contributed by atoms with Gasteiger partial charge in [-0.05, 0) is 68.5 Å². The Balaban J connectivity index is 1.55. The second-order valence-corrected chi connectivity index (χ2v) is 11.0. The van der Waals surface area contributed by atoms with Gasteiger partial charge in [-0.3, -0.25) is 14.5 Å². The number of hydrogen-bond acceptors (Lipinski definition) is 5. The second-order valence-electron chi connectivity index (χ2n) is 11.0. The van der Waals surface area contributed by atoms with E-state index in [1.54, 1.807) is 6.07 Å². The highest BCUT2D eigenvalue weighted by atomic mass is 16.5. The highest BCUT2D eigenvalue weighted by Gasteiger charge is 2.33. The Morgan fingerprint density at radius 2 is 2.00 bits per heavy atom. The SMILES string of the molecule is Cc1c(C(=O)NCC2C(=O)NC(C)CC2C)cc2c(-c3cccc(C#N)c3)ccn2c1C(C)N1CCOCC1. The molecule has 4 atom stereocenters. The van der Waals surface area contributed by atoms with E-state index in [1.807, 2.05) is 38.1 Å². The molecule has 204 valence electrons. The van der Waals surface area contributed by atoms with Crippen molar-refractivity contribution in [1.29, 1.82) is 5.26 Å². The van der Waals surface area contributed by atoms with Crippen LogP contribution in [0.5, 0.6) is 0 Å². The molecule has 2 aliphatic heterocycles. The summed E-state index contributed by atoms with van der Waals surface area (Å²) < 4.78 is 7.77. The minimum Gasteiger partial charge on any atom is -0.379 e. The molecule has 2 aliphatic rings. The van der Waals surface area contributed by atoms with E-state index in [9.17, 15) is 14.9 Å². The molecule has 3 aromatic rings. The van der Waals surface area contributed by atoms with Crippen LogP contribution in [-0.4, -0.2) is 60.0 Å². The molecule has 0 spiro atoms. The minimum atomic E-state index is -0.251. The summed E-state index contributed by atoms with van der Waals surface area (Å²) in [6.45, 7) is 11.6. The molecule has 4 heterocycles. The van der Waals surface area contributed by atoms with Gasteiger partial charge in [0.25, 0.3) is 5.91 Å². The number of carbonyl (C=O) groups is 2. The van der Waals surface area contributed by atoms with Crippen molar-refractivity contribution in [2.75, 3.05) is 32.8 Å². The molecule has 1 aromatic carbocycles. The third-order valence-electron chi connectivity index (χ3n) is 8.41. The standard InChI is InChI=1S/C31H37N5O3/c1-19-14-20(2)34-31(38)27(19)18-33-30(37)26-16-28-25(24-7-5-6-23(15-24)17-32)8-9-36(28)29(21(26)3)22(4)35-10-12-39-13-11-35/h5-9,15-16,19-20,22,27H,10-14,18H2,1-4H3,(H,33,37)(H,34,38). The van der Waals surface area contributed by atoms with Crippen molar-refractivity contribution < 1.29 is 14.3 Å². The molecule has 0 saturated carbocycles. The quantitative estimate of drug-likeness (QED) is 0.504. The van der Waals surface area contributed by atoms with Gasteiger partial charge >= 0.3 is 0 Å². The average molecular weight is 528 g/mol. The summed E-state index contributed by atoms with van der Waals surface area (Å²) in [4.78, 5) is 28.7. The number of rotatable bonds is 6. The molecule has 0 aliphatic carbocycles. The van der Waals surface area contributed by atoms with Crippen molar-refractivity contribution in [1.82, 2.24) is 19.9 Å². The van der Waals surface area contributed by atoms with Crippen molar-refractivity contribution in [2.24, 2.45) is 11.8 Å². The monoisotopic (exact) mass is 527 g/mol. The smallest absolute Gasteiger partial charge is 0.251 e. The summed E-state index contributed by atoms with van der Waals surface area (Å²) in [5.41, 5.74) is 5.97. The van der Waals surface area contributed by atoms with Gasteiger partial charge in [-0.15, -0.1) is 0 Å². The van der Waals surface area contributed by atoms with Gasteiger partial charge in [-0.25, -0.2) is 0 Å². The van der Waals surface area contributed by atoms with Crippen LogP contribution in [0.15, 0.2) is 42.6 Å². The zero-order chi connectivity index (χ0) is 27.7. The van der Waals surface area contributed by atoms with E-state index < -0.39 is 0 Å². The fourth-order valence-electron chi connectivity index (χ4n) is 6.23. The normalized spacial score (nSPS) is 22.7. The molecule has 5 rings (SSSR count). The number of aromatic nitrogens is 1. The molecule has 2 N–H and O–H groups in total. The maximum atomic E-state index is 13.7. The summed E-state index contributed by atoms with van der Waals surface area (Å²) >= 11 is 0. The lowest BCUT2D eigenvalue weighted by molar-refractivity contribution is -0.129. The van der Waals surface area contributed by atoms with Gasteiger partial charge in [0, 0.05) is 54.7 Å². The van der Waals surface area contributed by atoms with Crippen molar-refractivity contribution in [3.63, 3.8) is 0 Å². The number of fused-ring (bicyclic) bond motifs is 1. The number of morpholine rings is 1. The number of benzene rings is 1. The number of hydrogen-bond donors (Lipinski definition) is 2. The van der Waals surface area contributed by atoms with Crippen LogP contribution in [0.3, 0.4) is 0 Å². The van der Waals surface area contributed by atoms with Gasteiger partial charge < -0.3 is 19.8 Å².